The Labute approximate surface area is 191 Å². The number of nitrogens with zero attached hydrogens (tertiary/aromatic N) is 3. The summed E-state index contributed by atoms with van der Waals surface area (Å²) in [6, 6.07) is 6.11. The molecule has 1 aromatic heterocycles. The molecule has 2 fully saturated rings. The normalized spacial score (nSPS) is 19.2. The molecule has 33 heavy (non-hydrogen) atoms. The standard InChI is InChI=1S/C23H25FN4O4S/c1-14-21-18(11-19(22(14)30-2)28-33(29)8-3-9-33)25-13-26-23(21)27-17-5-4-15(24)10-20(17)32-16-6-7-31-12-16/h4-5,10-11,13,16H,3,6-9,12H2,1-2H3,(H,25,26,27)/t16-/m1/s1. The molecule has 0 bridgehead atoms. The lowest BCUT2D eigenvalue weighted by Gasteiger charge is -2.20. The molecule has 1 N–H and O–H groups in total. The van der Waals surface area contributed by atoms with Crippen LogP contribution in [0.4, 0.5) is 21.6 Å². The second-order valence-electron chi connectivity index (χ2n) is 8.16. The molecule has 10 heteroatoms. The summed E-state index contributed by atoms with van der Waals surface area (Å²) in [5, 5.41) is 4.01. The fourth-order valence-corrected chi connectivity index (χ4v) is 5.53. The summed E-state index contributed by atoms with van der Waals surface area (Å²) in [5.41, 5.74) is 2.52. The molecule has 3 heterocycles. The molecular formula is C23H25FN4O4S. The molecule has 0 radical (unpaired) electrons. The lowest BCUT2D eigenvalue weighted by Crippen LogP contribution is -2.23. The van der Waals surface area contributed by atoms with Crippen LogP contribution >= 0.6 is 0 Å². The smallest absolute Gasteiger partial charge is 0.149 e. The van der Waals surface area contributed by atoms with Crippen molar-refractivity contribution in [2.45, 2.75) is 25.9 Å². The van der Waals surface area contributed by atoms with E-state index in [1.54, 1.807) is 19.2 Å². The average molecular weight is 473 g/mol. The van der Waals surface area contributed by atoms with Gasteiger partial charge in [-0.1, -0.05) is 0 Å². The van der Waals surface area contributed by atoms with E-state index in [1.807, 2.05) is 6.92 Å². The number of aryl methyl sites for hydroxylation is 1. The highest BCUT2D eigenvalue weighted by Crippen LogP contribution is 2.41. The van der Waals surface area contributed by atoms with Crippen molar-refractivity contribution >= 4 is 37.8 Å². The van der Waals surface area contributed by atoms with Gasteiger partial charge in [0, 0.05) is 34.9 Å². The molecular weight excluding hydrogens is 447 g/mol. The van der Waals surface area contributed by atoms with Gasteiger partial charge in [0.25, 0.3) is 0 Å². The van der Waals surface area contributed by atoms with Gasteiger partial charge in [0.1, 0.15) is 41.3 Å². The molecule has 1 atom stereocenters. The minimum Gasteiger partial charge on any atom is -0.494 e. The molecule has 0 saturated carbocycles. The van der Waals surface area contributed by atoms with Gasteiger partial charge in [-0.25, -0.2) is 18.6 Å². The fourth-order valence-electron chi connectivity index (χ4n) is 4.07. The van der Waals surface area contributed by atoms with Gasteiger partial charge in [-0.05, 0) is 31.5 Å². The maximum Gasteiger partial charge on any atom is 0.149 e. The molecule has 2 aromatic carbocycles. The predicted molar refractivity (Wildman–Crippen MR) is 125 cm³/mol. The Morgan fingerprint density at radius 3 is 2.82 bits per heavy atom. The van der Waals surface area contributed by atoms with Gasteiger partial charge >= 0.3 is 0 Å². The van der Waals surface area contributed by atoms with E-state index in [4.69, 9.17) is 14.2 Å². The van der Waals surface area contributed by atoms with Crippen LogP contribution in [0.1, 0.15) is 18.4 Å². The zero-order chi connectivity index (χ0) is 23.0. The van der Waals surface area contributed by atoms with Crippen LogP contribution in [0, 0.1) is 12.7 Å². The minimum absolute atomic E-state index is 0.131. The van der Waals surface area contributed by atoms with Crippen LogP contribution in [-0.4, -0.2) is 52.1 Å². The van der Waals surface area contributed by atoms with Crippen molar-refractivity contribution in [3.8, 4) is 11.5 Å². The Hall–Kier alpha value is -2.98. The van der Waals surface area contributed by atoms with Gasteiger partial charge in [-0.15, -0.1) is 0 Å². The third kappa shape index (κ3) is 4.32. The molecule has 5 rings (SSSR count). The van der Waals surface area contributed by atoms with Crippen LogP contribution in [0.25, 0.3) is 10.9 Å². The highest BCUT2D eigenvalue weighted by Gasteiger charge is 2.23. The number of halogens is 1. The lowest BCUT2D eigenvalue weighted by atomic mass is 10.1. The van der Waals surface area contributed by atoms with Crippen molar-refractivity contribution < 1.29 is 22.8 Å². The summed E-state index contributed by atoms with van der Waals surface area (Å²) in [6.45, 7) is 2.98. The number of anilines is 2. The third-order valence-electron chi connectivity index (χ3n) is 5.87. The van der Waals surface area contributed by atoms with E-state index in [-0.39, 0.29) is 6.10 Å². The highest BCUT2D eigenvalue weighted by atomic mass is 32.2. The number of hydrogen-bond donors (Lipinski definition) is 1. The second kappa shape index (κ2) is 8.75. The Balaban J connectivity index is 1.57. The number of aromatic nitrogens is 2. The molecule has 174 valence electrons. The van der Waals surface area contributed by atoms with Crippen LogP contribution < -0.4 is 14.8 Å². The predicted octanol–water partition coefficient (Wildman–Crippen LogP) is 4.50. The molecule has 2 saturated heterocycles. The molecule has 0 amide bonds. The van der Waals surface area contributed by atoms with Crippen LogP contribution in [-0.2, 0) is 14.5 Å². The van der Waals surface area contributed by atoms with E-state index in [9.17, 15) is 8.60 Å². The van der Waals surface area contributed by atoms with E-state index < -0.39 is 15.5 Å². The fraction of sp³-hybridized carbons (Fsp3) is 0.391. The summed E-state index contributed by atoms with van der Waals surface area (Å²) in [4.78, 5) is 8.83. The maximum atomic E-state index is 14.0. The molecule has 2 aliphatic heterocycles. The monoisotopic (exact) mass is 472 g/mol. The van der Waals surface area contributed by atoms with E-state index in [0.717, 1.165) is 23.8 Å². The summed E-state index contributed by atoms with van der Waals surface area (Å²) in [7, 11) is -0.653. The number of rotatable bonds is 6. The SMILES string of the molecule is COc1c(N=S2(=O)CCC2)cc2ncnc(Nc3ccc(F)cc3O[C@@H]3CCOC3)c2c1C. The lowest BCUT2D eigenvalue weighted by molar-refractivity contribution is 0.141. The van der Waals surface area contributed by atoms with Gasteiger partial charge in [0.05, 0.1) is 41.3 Å². The molecule has 8 nitrogen and oxygen atoms in total. The summed E-state index contributed by atoms with van der Waals surface area (Å²) < 4.78 is 48.2. The third-order valence-corrected chi connectivity index (χ3v) is 8.25. The Kier molecular flexibility index (Phi) is 5.79. The van der Waals surface area contributed by atoms with Crippen LogP contribution in [0.3, 0.4) is 0 Å². The first-order valence-corrected chi connectivity index (χ1v) is 12.7. The second-order valence-corrected chi connectivity index (χ2v) is 10.7. The number of benzene rings is 2. The van der Waals surface area contributed by atoms with Crippen molar-refractivity contribution in [1.29, 1.82) is 0 Å². The van der Waals surface area contributed by atoms with Crippen molar-refractivity contribution in [3.63, 3.8) is 0 Å². The molecule has 0 unspecified atom stereocenters. The maximum absolute atomic E-state index is 14.0. The highest BCUT2D eigenvalue weighted by molar-refractivity contribution is 7.95. The molecule has 3 aromatic rings. The zero-order valence-electron chi connectivity index (χ0n) is 18.5. The first-order chi connectivity index (χ1) is 16.0. The molecule has 0 aliphatic carbocycles. The van der Waals surface area contributed by atoms with E-state index in [2.05, 4.69) is 19.6 Å². The van der Waals surface area contributed by atoms with Crippen LogP contribution in [0.15, 0.2) is 35.0 Å². The summed E-state index contributed by atoms with van der Waals surface area (Å²) in [6.07, 6.45) is 2.98. The Morgan fingerprint density at radius 2 is 2.12 bits per heavy atom. The topological polar surface area (TPSA) is 94.9 Å². The number of nitrogens with one attached hydrogen (secondary N) is 1. The van der Waals surface area contributed by atoms with Crippen molar-refractivity contribution in [2.24, 2.45) is 4.36 Å². The summed E-state index contributed by atoms with van der Waals surface area (Å²) in [5.74, 6) is 2.25. The number of methoxy groups -OCH3 is 1. The van der Waals surface area contributed by atoms with Crippen LogP contribution in [0.2, 0.25) is 0 Å². The summed E-state index contributed by atoms with van der Waals surface area (Å²) >= 11 is 0. The van der Waals surface area contributed by atoms with Crippen molar-refractivity contribution in [1.82, 2.24) is 9.97 Å². The first kappa shape index (κ1) is 21.8. The Morgan fingerprint density at radius 1 is 1.27 bits per heavy atom. The van der Waals surface area contributed by atoms with Crippen molar-refractivity contribution in [3.05, 3.63) is 42.0 Å². The average Bonchev–Trinajstić information content (AvgIpc) is 3.28. The van der Waals surface area contributed by atoms with E-state index in [0.29, 0.717) is 58.9 Å². The van der Waals surface area contributed by atoms with Gasteiger partial charge in [-0.2, -0.15) is 4.36 Å². The number of fused-ring (bicyclic) bond motifs is 1. The minimum atomic E-state index is -2.22. The number of ether oxygens (including phenoxy) is 3. The molecule has 0 spiro atoms. The van der Waals surface area contributed by atoms with Crippen molar-refractivity contribution in [2.75, 3.05) is 37.1 Å². The Bertz CT molecular complexity index is 1320. The first-order valence-electron chi connectivity index (χ1n) is 10.8. The van der Waals surface area contributed by atoms with Gasteiger partial charge in [-0.3, -0.25) is 0 Å². The van der Waals surface area contributed by atoms with Gasteiger partial charge in [0.15, 0.2) is 0 Å². The largest absolute Gasteiger partial charge is 0.494 e. The quantitative estimate of drug-likeness (QED) is 0.564. The van der Waals surface area contributed by atoms with E-state index in [1.165, 1.54) is 18.5 Å². The van der Waals surface area contributed by atoms with Gasteiger partial charge in [0.2, 0.25) is 0 Å². The molecule has 2 aliphatic rings. The van der Waals surface area contributed by atoms with Crippen LogP contribution in [0.5, 0.6) is 11.5 Å². The van der Waals surface area contributed by atoms with E-state index >= 15 is 0 Å². The zero-order valence-corrected chi connectivity index (χ0v) is 19.3. The number of hydrogen-bond acceptors (Lipinski definition) is 8. The van der Waals surface area contributed by atoms with Gasteiger partial charge < -0.3 is 19.5 Å².